The Morgan fingerprint density at radius 1 is 1.00 bits per heavy atom. The van der Waals surface area contributed by atoms with Crippen molar-refractivity contribution in [2.45, 2.75) is 6.18 Å². The number of aromatic nitrogens is 2. The van der Waals surface area contributed by atoms with E-state index in [2.05, 4.69) is 9.97 Å². The number of hydrogen-bond donors (Lipinski definition) is 1. The molecular weight excluding hydrogens is 324 g/mol. The summed E-state index contributed by atoms with van der Waals surface area (Å²) < 4.78 is 37.6. The van der Waals surface area contributed by atoms with E-state index in [1.54, 1.807) is 12.1 Å². The highest BCUT2D eigenvalue weighted by molar-refractivity contribution is 6.38. The molecule has 1 aromatic heterocycles. The summed E-state index contributed by atoms with van der Waals surface area (Å²) >= 11 is 11.9. The number of H-pyrrole nitrogens is 1. The Balaban J connectivity index is 2.06. The molecule has 0 radical (unpaired) electrons. The average molecular weight is 331 g/mol. The van der Waals surface area contributed by atoms with Crippen LogP contribution in [0.25, 0.3) is 22.4 Å². The summed E-state index contributed by atoms with van der Waals surface area (Å²) in [6, 6.07) is 7.95. The lowest BCUT2D eigenvalue weighted by Crippen LogP contribution is -2.04. The minimum Gasteiger partial charge on any atom is -0.338 e. The maximum Gasteiger partial charge on any atom is 0.416 e. The largest absolute Gasteiger partial charge is 0.416 e. The van der Waals surface area contributed by atoms with Crippen molar-refractivity contribution < 1.29 is 13.2 Å². The number of fused-ring (bicyclic) bond motifs is 1. The van der Waals surface area contributed by atoms with Crippen LogP contribution < -0.4 is 0 Å². The van der Waals surface area contributed by atoms with Gasteiger partial charge in [-0.15, -0.1) is 0 Å². The van der Waals surface area contributed by atoms with E-state index in [0.29, 0.717) is 32.5 Å². The third kappa shape index (κ3) is 2.71. The van der Waals surface area contributed by atoms with Crippen LogP contribution in [-0.4, -0.2) is 9.97 Å². The van der Waals surface area contributed by atoms with E-state index in [9.17, 15) is 13.2 Å². The fourth-order valence-corrected chi connectivity index (χ4v) is 2.53. The molecule has 7 heteroatoms. The summed E-state index contributed by atoms with van der Waals surface area (Å²) in [4.78, 5) is 7.28. The standard InChI is InChI=1S/C14H7Cl2F3N2/c15-9-5-10(16)12-11(6-9)20-13(21-12)7-1-3-8(4-2-7)14(17,18)19/h1-6H,(H,20,21). The van der Waals surface area contributed by atoms with Crippen LogP contribution in [0.2, 0.25) is 10.0 Å². The van der Waals surface area contributed by atoms with Crippen LogP contribution in [0.1, 0.15) is 5.56 Å². The molecule has 2 aromatic carbocycles. The van der Waals surface area contributed by atoms with Gasteiger partial charge < -0.3 is 4.98 Å². The van der Waals surface area contributed by atoms with Crippen molar-refractivity contribution in [1.29, 1.82) is 0 Å². The van der Waals surface area contributed by atoms with Crippen LogP contribution in [-0.2, 0) is 6.18 Å². The van der Waals surface area contributed by atoms with Crippen LogP contribution in [0, 0.1) is 0 Å². The molecule has 0 aliphatic carbocycles. The number of nitrogens with one attached hydrogen (secondary N) is 1. The molecule has 0 amide bonds. The molecule has 0 atom stereocenters. The van der Waals surface area contributed by atoms with Gasteiger partial charge in [-0.1, -0.05) is 35.3 Å². The summed E-state index contributed by atoms with van der Waals surface area (Å²) in [5.74, 6) is 0.433. The zero-order chi connectivity index (χ0) is 15.2. The fourth-order valence-electron chi connectivity index (χ4n) is 2.00. The van der Waals surface area contributed by atoms with Crippen molar-refractivity contribution in [2.24, 2.45) is 0 Å². The first-order chi connectivity index (χ1) is 9.84. The Labute approximate surface area is 127 Å². The minimum atomic E-state index is -4.36. The third-order valence-corrected chi connectivity index (χ3v) is 3.50. The Morgan fingerprint density at radius 3 is 2.29 bits per heavy atom. The molecule has 0 spiro atoms. The second kappa shape index (κ2) is 4.93. The third-order valence-electron chi connectivity index (χ3n) is 2.99. The molecule has 0 fully saturated rings. The molecule has 1 N–H and O–H groups in total. The van der Waals surface area contributed by atoms with Gasteiger partial charge in [-0.25, -0.2) is 4.98 Å². The highest BCUT2D eigenvalue weighted by atomic mass is 35.5. The highest BCUT2D eigenvalue weighted by Crippen LogP contribution is 2.32. The number of aromatic amines is 1. The van der Waals surface area contributed by atoms with E-state index in [-0.39, 0.29) is 0 Å². The first-order valence-corrected chi connectivity index (χ1v) is 6.62. The van der Waals surface area contributed by atoms with Crippen molar-refractivity contribution in [3.8, 4) is 11.4 Å². The van der Waals surface area contributed by atoms with Gasteiger partial charge in [0.05, 0.1) is 16.1 Å². The van der Waals surface area contributed by atoms with Gasteiger partial charge in [-0.3, -0.25) is 0 Å². The van der Waals surface area contributed by atoms with Crippen molar-refractivity contribution in [3.63, 3.8) is 0 Å². The first-order valence-electron chi connectivity index (χ1n) is 5.87. The number of halogens is 5. The van der Waals surface area contributed by atoms with Crippen LogP contribution in [0.4, 0.5) is 13.2 Å². The normalized spacial score (nSPS) is 12.0. The Kier molecular flexibility index (Phi) is 3.34. The smallest absolute Gasteiger partial charge is 0.338 e. The summed E-state index contributed by atoms with van der Waals surface area (Å²) in [6.07, 6.45) is -4.36. The monoisotopic (exact) mass is 330 g/mol. The second-order valence-electron chi connectivity index (χ2n) is 4.44. The van der Waals surface area contributed by atoms with E-state index in [1.165, 1.54) is 12.1 Å². The summed E-state index contributed by atoms with van der Waals surface area (Å²) in [5.41, 5.74) is 0.980. The van der Waals surface area contributed by atoms with E-state index in [4.69, 9.17) is 23.2 Å². The van der Waals surface area contributed by atoms with E-state index in [0.717, 1.165) is 12.1 Å². The quantitative estimate of drug-likeness (QED) is 0.622. The van der Waals surface area contributed by atoms with Crippen LogP contribution in [0.3, 0.4) is 0 Å². The zero-order valence-corrected chi connectivity index (χ0v) is 11.8. The summed E-state index contributed by atoms with van der Waals surface area (Å²) in [5, 5.41) is 0.835. The lowest BCUT2D eigenvalue weighted by Gasteiger charge is -2.06. The van der Waals surface area contributed by atoms with Gasteiger partial charge in [-0.2, -0.15) is 13.2 Å². The van der Waals surface area contributed by atoms with Gasteiger partial charge >= 0.3 is 6.18 Å². The number of alkyl halides is 3. The molecule has 2 nitrogen and oxygen atoms in total. The zero-order valence-electron chi connectivity index (χ0n) is 10.3. The predicted molar refractivity (Wildman–Crippen MR) is 76.6 cm³/mol. The number of hydrogen-bond acceptors (Lipinski definition) is 1. The first kappa shape index (κ1) is 14.2. The maximum absolute atomic E-state index is 12.5. The molecule has 0 saturated heterocycles. The van der Waals surface area contributed by atoms with Crippen molar-refractivity contribution >= 4 is 34.2 Å². The van der Waals surface area contributed by atoms with Gasteiger partial charge in [0.25, 0.3) is 0 Å². The fraction of sp³-hybridized carbons (Fsp3) is 0.0714. The molecule has 0 aliphatic heterocycles. The number of nitrogens with zero attached hydrogens (tertiary/aromatic N) is 1. The maximum atomic E-state index is 12.5. The van der Waals surface area contributed by atoms with Crippen LogP contribution in [0.15, 0.2) is 36.4 Å². The van der Waals surface area contributed by atoms with Crippen molar-refractivity contribution in [3.05, 3.63) is 52.0 Å². The van der Waals surface area contributed by atoms with E-state index >= 15 is 0 Å². The predicted octanol–water partition coefficient (Wildman–Crippen LogP) is 5.56. The molecule has 21 heavy (non-hydrogen) atoms. The summed E-state index contributed by atoms with van der Waals surface area (Å²) in [7, 11) is 0. The highest BCUT2D eigenvalue weighted by Gasteiger charge is 2.30. The van der Waals surface area contributed by atoms with Crippen LogP contribution in [0.5, 0.6) is 0 Å². The Bertz CT molecular complexity index is 807. The summed E-state index contributed by atoms with van der Waals surface area (Å²) in [6.45, 7) is 0. The van der Waals surface area contributed by atoms with Crippen molar-refractivity contribution in [2.75, 3.05) is 0 Å². The van der Waals surface area contributed by atoms with Gasteiger partial charge in [0, 0.05) is 10.6 Å². The number of benzene rings is 2. The van der Waals surface area contributed by atoms with E-state index in [1.807, 2.05) is 0 Å². The van der Waals surface area contributed by atoms with Crippen molar-refractivity contribution in [1.82, 2.24) is 9.97 Å². The second-order valence-corrected chi connectivity index (χ2v) is 5.29. The van der Waals surface area contributed by atoms with Crippen LogP contribution >= 0.6 is 23.2 Å². The average Bonchev–Trinajstić information content (AvgIpc) is 2.82. The molecule has 1 heterocycles. The lowest BCUT2D eigenvalue weighted by molar-refractivity contribution is -0.137. The molecule has 108 valence electrons. The topological polar surface area (TPSA) is 28.7 Å². The van der Waals surface area contributed by atoms with Gasteiger partial charge in [0.1, 0.15) is 11.3 Å². The molecule has 0 bridgehead atoms. The lowest BCUT2D eigenvalue weighted by atomic mass is 10.1. The molecule has 3 aromatic rings. The molecular formula is C14H7Cl2F3N2. The molecule has 0 saturated carbocycles. The SMILES string of the molecule is FC(F)(F)c1ccc(-c2nc3c(Cl)cc(Cl)cc3[nH]2)cc1. The molecule has 0 aliphatic rings. The van der Waals surface area contributed by atoms with Gasteiger partial charge in [0.2, 0.25) is 0 Å². The Morgan fingerprint density at radius 2 is 1.67 bits per heavy atom. The molecule has 0 unspecified atom stereocenters. The molecule has 3 rings (SSSR count). The number of rotatable bonds is 1. The minimum absolute atomic E-state index is 0.381. The van der Waals surface area contributed by atoms with E-state index < -0.39 is 11.7 Å². The Hall–Kier alpha value is -1.72. The van der Waals surface area contributed by atoms with Gasteiger partial charge in [-0.05, 0) is 24.3 Å². The number of imidazole rings is 1. The van der Waals surface area contributed by atoms with Gasteiger partial charge in [0.15, 0.2) is 0 Å².